The Bertz CT molecular complexity index is 3000. The molecular weight excluding hydrogens is 798 g/mol. The molecule has 0 unspecified atom stereocenters. The van der Waals surface area contributed by atoms with E-state index < -0.39 is 17.8 Å². The molecule has 10 heterocycles. The second-order valence-corrected chi connectivity index (χ2v) is 13.9. The van der Waals surface area contributed by atoms with Gasteiger partial charge in [-0.25, -0.2) is 14.8 Å². The maximum atomic E-state index is 12.8. The Morgan fingerprint density at radius 3 is 1.22 bits per heavy atom. The number of pyridine rings is 4. The zero-order valence-corrected chi connectivity index (χ0v) is 32.7. The molecule has 2 amide bonds. The number of hydrogen-bond acceptors (Lipinski definition) is 9. The van der Waals surface area contributed by atoms with Gasteiger partial charge in [-0.2, -0.15) is 4.57 Å². The number of amides is 2. The smallest absolute Gasteiger partial charge is 0.657 e. The second-order valence-electron chi connectivity index (χ2n) is 13.9. The Morgan fingerprint density at radius 1 is 0.533 bits per heavy atom. The summed E-state index contributed by atoms with van der Waals surface area (Å²) in [6, 6.07) is 23.4. The fourth-order valence-electron chi connectivity index (χ4n) is 7.49. The molecule has 1 saturated heterocycles. The number of hydroxylamine groups is 2. The van der Waals surface area contributed by atoms with Crippen LogP contribution in [0.1, 0.15) is 35.6 Å². The summed E-state index contributed by atoms with van der Waals surface area (Å²) >= 11 is 0. The molecule has 0 atom stereocenters. The molecule has 1 radical (unpaired) electrons. The van der Waals surface area contributed by atoms with E-state index in [2.05, 4.69) is 15.0 Å². The molecule has 0 N–H and O–H groups in total. The van der Waals surface area contributed by atoms with Crippen LogP contribution in [-0.2, 0) is 42.8 Å². The van der Waals surface area contributed by atoms with Gasteiger partial charge in [-0.1, -0.05) is 24.3 Å². The first kappa shape index (κ1) is 37.9. The van der Waals surface area contributed by atoms with Gasteiger partial charge in [-0.05, 0) is 105 Å². The first-order chi connectivity index (χ1) is 29.0. The summed E-state index contributed by atoms with van der Waals surface area (Å²) in [5.41, 5.74) is 12.4. The molecular formula is C46H30MnN9O4+. The van der Waals surface area contributed by atoms with Crippen LogP contribution in [0.4, 0.5) is 0 Å². The van der Waals surface area contributed by atoms with Gasteiger partial charge in [0.2, 0.25) is 6.54 Å². The molecule has 0 aromatic carbocycles. The van der Waals surface area contributed by atoms with Crippen molar-refractivity contribution in [3.63, 3.8) is 0 Å². The summed E-state index contributed by atoms with van der Waals surface area (Å²) in [4.78, 5) is 75.7. The van der Waals surface area contributed by atoms with Crippen molar-refractivity contribution in [3.05, 3.63) is 145 Å². The minimum Gasteiger partial charge on any atom is -0.657 e. The van der Waals surface area contributed by atoms with Crippen LogP contribution in [-0.4, -0.2) is 47.8 Å². The number of fused-ring (bicyclic) bond motifs is 8. The number of carbonyl (C=O) groups is 3. The van der Waals surface area contributed by atoms with E-state index in [9.17, 15) is 14.4 Å². The maximum absolute atomic E-state index is 12.8. The average Bonchev–Trinajstić information content (AvgIpc) is 4.14. The summed E-state index contributed by atoms with van der Waals surface area (Å²) in [5, 5.41) is 0.549. The van der Waals surface area contributed by atoms with Crippen LogP contribution in [0.15, 0.2) is 122 Å². The molecule has 7 aromatic heterocycles. The summed E-state index contributed by atoms with van der Waals surface area (Å²) < 4.78 is 1.61. The monoisotopic (exact) mass is 827 g/mol. The Labute approximate surface area is 352 Å². The van der Waals surface area contributed by atoms with Crippen molar-refractivity contribution in [1.29, 1.82) is 0 Å². The molecule has 7 aromatic rings. The molecule has 1 fully saturated rings. The fourth-order valence-corrected chi connectivity index (χ4v) is 7.49. The van der Waals surface area contributed by atoms with Gasteiger partial charge < -0.3 is 14.8 Å². The van der Waals surface area contributed by atoms with Gasteiger partial charge in [0.25, 0.3) is 11.8 Å². The molecule has 3 aliphatic heterocycles. The standard InChI is InChI=1S/C46H30N9O4.Mn/c56-40-9-10-41(57)55(40)59-42(58)27-54-25-17-31(18-26-54)46-38-7-5-36(52-38)44(29-13-21-48-22-14-29)34-3-1-32(50-34)43(28-11-19-47-20-12-28)33-2-4-35(51-33)45(30-15-23-49-24-16-30)37-6-8-39(46)53-37;/h1-8,11-26H,9-10,27H2;/q-1;+2. The van der Waals surface area contributed by atoms with Crippen molar-refractivity contribution < 1.29 is 40.9 Å². The molecule has 0 aliphatic carbocycles. The van der Waals surface area contributed by atoms with E-state index in [0.717, 1.165) is 66.9 Å². The van der Waals surface area contributed by atoms with Gasteiger partial charge in [-0.15, -0.1) is 27.1 Å². The van der Waals surface area contributed by atoms with Gasteiger partial charge in [0, 0.05) is 62.2 Å². The quantitative estimate of drug-likeness (QED) is 0.0961. The van der Waals surface area contributed by atoms with E-state index in [4.69, 9.17) is 24.8 Å². The van der Waals surface area contributed by atoms with Crippen molar-refractivity contribution in [2.75, 3.05) is 0 Å². The Balaban J connectivity index is 0.00000462. The van der Waals surface area contributed by atoms with Crippen LogP contribution in [0.5, 0.6) is 0 Å². The number of rotatable bonds is 7. The van der Waals surface area contributed by atoms with Crippen LogP contribution in [0.2, 0.25) is 0 Å². The van der Waals surface area contributed by atoms with Crippen molar-refractivity contribution in [2.45, 2.75) is 19.4 Å². The van der Waals surface area contributed by atoms with Crippen molar-refractivity contribution in [3.8, 4) is 44.5 Å². The van der Waals surface area contributed by atoms with Gasteiger partial charge in [0.1, 0.15) is 0 Å². The molecule has 13 nitrogen and oxygen atoms in total. The number of imide groups is 1. The van der Waals surface area contributed by atoms with Crippen LogP contribution < -0.4 is 14.5 Å². The SMILES string of the molecule is O=C(C[n+]1ccc(-c2c3nc(c(-c4ccncc4)c4ccc([n-]4)c(-c4ccncc4)c4nc(c(-c5ccncc5)c5ccc2[n-]5)C=C4)C=C3)cc1)ON1C(=O)CCC1=O.[Mn+2]. The van der Waals surface area contributed by atoms with Crippen LogP contribution in [0.3, 0.4) is 0 Å². The summed E-state index contributed by atoms with van der Waals surface area (Å²) in [6.45, 7) is -0.220. The largest absolute Gasteiger partial charge is 2.00 e. The summed E-state index contributed by atoms with van der Waals surface area (Å²) in [6.07, 6.45) is 22.0. The minimum atomic E-state index is -0.745. The van der Waals surface area contributed by atoms with Gasteiger partial charge >= 0.3 is 23.0 Å². The second kappa shape index (κ2) is 15.9. The average molecular weight is 828 g/mol. The van der Waals surface area contributed by atoms with E-state index in [0.29, 0.717) is 27.5 Å². The zero-order chi connectivity index (χ0) is 39.9. The molecule has 3 aliphatic rings. The normalized spacial score (nSPS) is 13.1. The van der Waals surface area contributed by atoms with Crippen LogP contribution in [0.25, 0.3) is 90.9 Å². The molecule has 14 heteroatoms. The Kier molecular flexibility index (Phi) is 10.1. The number of nitrogens with zero attached hydrogens (tertiary/aromatic N) is 9. The number of aromatic nitrogens is 8. The third kappa shape index (κ3) is 7.10. The predicted molar refractivity (Wildman–Crippen MR) is 219 cm³/mol. The predicted octanol–water partition coefficient (Wildman–Crippen LogP) is 6.66. The number of hydrogen-bond donors (Lipinski definition) is 0. The first-order valence-corrected chi connectivity index (χ1v) is 18.8. The molecule has 289 valence electrons. The summed E-state index contributed by atoms with van der Waals surface area (Å²) in [7, 11) is 0. The topological polar surface area (TPSA) is 160 Å². The zero-order valence-electron chi connectivity index (χ0n) is 31.5. The van der Waals surface area contributed by atoms with E-state index >= 15 is 0 Å². The van der Waals surface area contributed by atoms with Crippen LogP contribution in [0, 0.1) is 0 Å². The Hall–Kier alpha value is -7.67. The third-order valence-corrected chi connectivity index (χ3v) is 10.2. The minimum absolute atomic E-state index is 0. The van der Waals surface area contributed by atoms with E-state index in [1.54, 1.807) is 54.1 Å². The van der Waals surface area contributed by atoms with Crippen LogP contribution >= 0.6 is 0 Å². The van der Waals surface area contributed by atoms with Crippen molar-refractivity contribution in [1.82, 2.24) is 40.0 Å². The molecule has 0 saturated carbocycles. The maximum Gasteiger partial charge on any atom is 2.00 e. The van der Waals surface area contributed by atoms with Gasteiger partial charge in [0.05, 0.1) is 22.8 Å². The number of carbonyl (C=O) groups excluding carboxylic acids is 3. The van der Waals surface area contributed by atoms with Crippen molar-refractivity contribution >= 4 is 64.2 Å². The molecule has 8 bridgehead atoms. The fraction of sp³-hybridized carbons (Fsp3) is 0.0652. The van der Waals surface area contributed by atoms with E-state index in [1.807, 2.05) is 97.1 Å². The van der Waals surface area contributed by atoms with Gasteiger partial charge in [-0.3, -0.25) is 24.5 Å². The molecule has 0 spiro atoms. The molecule has 60 heavy (non-hydrogen) atoms. The van der Waals surface area contributed by atoms with E-state index in [-0.39, 0.29) is 36.5 Å². The third-order valence-electron chi connectivity index (χ3n) is 10.2. The van der Waals surface area contributed by atoms with E-state index in [1.165, 1.54) is 0 Å². The van der Waals surface area contributed by atoms with Gasteiger partial charge in [0.15, 0.2) is 12.4 Å². The molecule has 10 rings (SSSR count). The Morgan fingerprint density at radius 2 is 0.867 bits per heavy atom. The summed E-state index contributed by atoms with van der Waals surface area (Å²) in [5.74, 6) is -1.81. The van der Waals surface area contributed by atoms with Crippen molar-refractivity contribution in [2.24, 2.45) is 0 Å². The first-order valence-electron chi connectivity index (χ1n) is 18.8.